The van der Waals surface area contributed by atoms with E-state index < -0.39 is 12.3 Å². The highest BCUT2D eigenvalue weighted by Crippen LogP contribution is 2.39. The summed E-state index contributed by atoms with van der Waals surface area (Å²) in [5.74, 6) is 0. The van der Waals surface area contributed by atoms with Gasteiger partial charge < -0.3 is 15.5 Å². The van der Waals surface area contributed by atoms with E-state index in [2.05, 4.69) is 83.4 Å². The maximum absolute atomic E-state index is 9.51. The van der Waals surface area contributed by atoms with Gasteiger partial charge in [-0.3, -0.25) is 10.3 Å². The standard InChI is InChI=1S/C46H35N5O/c47-29-32-11-9-16-36(27-32)46(51-45(48)34-14-5-2-6-15-34)49-30-31-21-24-37(25-22-31)50-42-26-23-35(28-41(42)33-12-3-1-4-13-33)38-18-10-19-40-39-17-7-8-20-43(39)52-44(38)40/h1-28,30,45-46,50-51H,48H2/b49-30+. The third kappa shape index (κ3) is 6.83. The SMILES string of the molecule is N#Cc1cccc(C(/N=C/c2ccc(Nc3ccc(-c4cccc5c4oc4ccccc45)cc3-c3ccccc3)cc2)NC(N)c2ccccc2)c1. The van der Waals surface area contributed by atoms with E-state index in [0.717, 1.165) is 72.3 Å². The van der Waals surface area contributed by atoms with Crippen molar-refractivity contribution in [2.45, 2.75) is 12.3 Å². The van der Waals surface area contributed by atoms with Crippen molar-refractivity contribution in [2.24, 2.45) is 10.7 Å². The van der Waals surface area contributed by atoms with E-state index in [1.807, 2.05) is 103 Å². The van der Waals surface area contributed by atoms with E-state index in [-0.39, 0.29) is 0 Å². The molecule has 0 amide bonds. The predicted molar refractivity (Wildman–Crippen MR) is 212 cm³/mol. The zero-order valence-corrected chi connectivity index (χ0v) is 28.3. The van der Waals surface area contributed by atoms with Gasteiger partial charge in [-0.05, 0) is 70.3 Å². The number of nitrogens with two attached hydrogens (primary N) is 1. The Morgan fingerprint density at radius 1 is 0.635 bits per heavy atom. The molecule has 52 heavy (non-hydrogen) atoms. The first-order valence-corrected chi connectivity index (χ1v) is 17.2. The summed E-state index contributed by atoms with van der Waals surface area (Å²) in [4.78, 5) is 4.89. The fourth-order valence-electron chi connectivity index (χ4n) is 6.55. The number of para-hydroxylation sites is 2. The molecule has 0 bridgehead atoms. The summed E-state index contributed by atoms with van der Waals surface area (Å²) in [7, 11) is 0. The molecule has 8 aromatic rings. The van der Waals surface area contributed by atoms with Crippen molar-refractivity contribution in [1.82, 2.24) is 5.32 Å². The molecule has 2 atom stereocenters. The molecule has 0 radical (unpaired) electrons. The monoisotopic (exact) mass is 673 g/mol. The van der Waals surface area contributed by atoms with Gasteiger partial charge in [0.1, 0.15) is 17.3 Å². The number of hydrogen-bond donors (Lipinski definition) is 3. The Hall–Kier alpha value is -6.78. The number of hydrogen-bond acceptors (Lipinski definition) is 6. The van der Waals surface area contributed by atoms with E-state index >= 15 is 0 Å². The number of furan rings is 1. The average Bonchev–Trinajstić information content (AvgIpc) is 3.60. The smallest absolute Gasteiger partial charge is 0.143 e. The third-order valence-corrected chi connectivity index (χ3v) is 9.21. The highest BCUT2D eigenvalue weighted by molar-refractivity contribution is 6.09. The number of fused-ring (bicyclic) bond motifs is 3. The van der Waals surface area contributed by atoms with Crippen LogP contribution >= 0.6 is 0 Å². The molecule has 0 fully saturated rings. The Kier molecular flexibility index (Phi) is 9.10. The van der Waals surface area contributed by atoms with Crippen LogP contribution in [0.25, 0.3) is 44.2 Å². The van der Waals surface area contributed by atoms with E-state index in [4.69, 9.17) is 15.1 Å². The number of anilines is 2. The second-order valence-corrected chi connectivity index (χ2v) is 12.6. The number of nitriles is 1. The number of benzene rings is 7. The summed E-state index contributed by atoms with van der Waals surface area (Å²) >= 11 is 0. The second kappa shape index (κ2) is 14.6. The first-order valence-electron chi connectivity index (χ1n) is 17.2. The molecule has 0 saturated carbocycles. The van der Waals surface area contributed by atoms with Gasteiger partial charge in [-0.2, -0.15) is 5.26 Å². The van der Waals surface area contributed by atoms with Crippen LogP contribution in [0.4, 0.5) is 11.4 Å². The molecule has 0 aliphatic rings. The third-order valence-electron chi connectivity index (χ3n) is 9.21. The highest BCUT2D eigenvalue weighted by Gasteiger charge is 2.16. The molecule has 1 heterocycles. The lowest BCUT2D eigenvalue weighted by Crippen LogP contribution is -2.31. The maximum Gasteiger partial charge on any atom is 0.143 e. The largest absolute Gasteiger partial charge is 0.455 e. The summed E-state index contributed by atoms with van der Waals surface area (Å²) in [6.07, 6.45) is 0.928. The Bertz CT molecular complexity index is 2550. The molecular weight excluding hydrogens is 639 g/mol. The second-order valence-electron chi connectivity index (χ2n) is 12.6. The summed E-state index contributed by atoms with van der Waals surface area (Å²) < 4.78 is 6.38. The maximum atomic E-state index is 9.51. The molecule has 2 unspecified atom stereocenters. The molecule has 6 nitrogen and oxygen atoms in total. The lowest BCUT2D eigenvalue weighted by Gasteiger charge is -2.21. The van der Waals surface area contributed by atoms with E-state index in [0.29, 0.717) is 5.56 Å². The summed E-state index contributed by atoms with van der Waals surface area (Å²) in [6.45, 7) is 0. The molecule has 250 valence electrons. The molecular formula is C46H35N5O. The van der Waals surface area contributed by atoms with Crippen LogP contribution in [0.1, 0.15) is 34.6 Å². The number of aliphatic imine (C=N–C) groups is 1. The van der Waals surface area contributed by atoms with Crippen LogP contribution in [0.5, 0.6) is 0 Å². The zero-order chi connectivity index (χ0) is 35.3. The van der Waals surface area contributed by atoms with Gasteiger partial charge in [0.05, 0.1) is 17.8 Å². The van der Waals surface area contributed by atoms with Gasteiger partial charge in [0.25, 0.3) is 0 Å². The van der Waals surface area contributed by atoms with Crippen molar-refractivity contribution in [3.05, 3.63) is 192 Å². The van der Waals surface area contributed by atoms with Crippen LogP contribution in [-0.2, 0) is 0 Å². The molecule has 1 aromatic heterocycles. The number of nitrogens with one attached hydrogen (secondary N) is 2. The normalized spacial score (nSPS) is 12.5. The van der Waals surface area contributed by atoms with Gasteiger partial charge in [-0.15, -0.1) is 0 Å². The minimum absolute atomic E-state index is 0.447. The quantitative estimate of drug-likeness (QED) is 0.0991. The Balaban J connectivity index is 1.07. The van der Waals surface area contributed by atoms with Crippen LogP contribution in [0.2, 0.25) is 0 Å². The molecule has 0 spiro atoms. The van der Waals surface area contributed by atoms with Gasteiger partial charge >= 0.3 is 0 Å². The predicted octanol–water partition coefficient (Wildman–Crippen LogP) is 10.9. The van der Waals surface area contributed by atoms with E-state index in [1.165, 1.54) is 0 Å². The van der Waals surface area contributed by atoms with Gasteiger partial charge in [0.2, 0.25) is 0 Å². The van der Waals surface area contributed by atoms with Crippen molar-refractivity contribution in [3.8, 4) is 28.3 Å². The van der Waals surface area contributed by atoms with Crippen LogP contribution in [-0.4, -0.2) is 6.21 Å². The molecule has 6 heteroatoms. The minimum Gasteiger partial charge on any atom is -0.455 e. The van der Waals surface area contributed by atoms with Crippen LogP contribution in [0.3, 0.4) is 0 Å². The molecule has 4 N–H and O–H groups in total. The van der Waals surface area contributed by atoms with Crippen molar-refractivity contribution in [2.75, 3.05) is 5.32 Å². The first kappa shape index (κ1) is 32.4. The van der Waals surface area contributed by atoms with Crippen LogP contribution in [0, 0.1) is 11.3 Å². The van der Waals surface area contributed by atoms with Gasteiger partial charge in [0, 0.05) is 39.5 Å². The van der Waals surface area contributed by atoms with Crippen molar-refractivity contribution in [3.63, 3.8) is 0 Å². The van der Waals surface area contributed by atoms with Gasteiger partial charge in [-0.25, -0.2) is 0 Å². The van der Waals surface area contributed by atoms with Gasteiger partial charge in [-0.1, -0.05) is 127 Å². The molecule has 0 aliphatic carbocycles. The highest BCUT2D eigenvalue weighted by atomic mass is 16.3. The Morgan fingerprint density at radius 3 is 2.15 bits per heavy atom. The Morgan fingerprint density at radius 2 is 1.35 bits per heavy atom. The van der Waals surface area contributed by atoms with Crippen molar-refractivity contribution in [1.29, 1.82) is 5.26 Å². The molecule has 0 saturated heterocycles. The molecule has 7 aromatic carbocycles. The van der Waals surface area contributed by atoms with Crippen LogP contribution in [0.15, 0.2) is 179 Å². The summed E-state index contributed by atoms with van der Waals surface area (Å²) in [5, 5.41) is 18.8. The summed E-state index contributed by atoms with van der Waals surface area (Å²) in [6, 6.07) is 59.1. The zero-order valence-electron chi connectivity index (χ0n) is 28.3. The molecule has 8 rings (SSSR count). The molecule has 0 aliphatic heterocycles. The minimum atomic E-state index is -0.460. The number of nitrogens with zero attached hydrogens (tertiary/aromatic N) is 2. The van der Waals surface area contributed by atoms with E-state index in [9.17, 15) is 5.26 Å². The van der Waals surface area contributed by atoms with Crippen LogP contribution < -0.4 is 16.4 Å². The van der Waals surface area contributed by atoms with Gasteiger partial charge in [0.15, 0.2) is 0 Å². The topological polar surface area (TPSA) is 99.4 Å². The summed E-state index contributed by atoms with van der Waals surface area (Å²) in [5.41, 5.74) is 17.9. The lowest BCUT2D eigenvalue weighted by atomic mass is 9.96. The Labute approximate surface area is 302 Å². The van der Waals surface area contributed by atoms with Crippen molar-refractivity contribution >= 4 is 39.5 Å². The number of rotatable bonds is 10. The first-order chi connectivity index (χ1) is 25.6. The lowest BCUT2D eigenvalue weighted by molar-refractivity contribution is 0.467. The fraction of sp³-hybridized carbons (Fsp3) is 0.0435. The van der Waals surface area contributed by atoms with E-state index in [1.54, 1.807) is 6.07 Å². The average molecular weight is 674 g/mol. The fourth-order valence-corrected chi connectivity index (χ4v) is 6.55. The van der Waals surface area contributed by atoms with Crippen molar-refractivity contribution < 1.29 is 4.42 Å².